The van der Waals surface area contributed by atoms with Gasteiger partial charge in [-0.15, -0.1) is 0 Å². The number of carbonyl (C=O) groups excluding carboxylic acids is 1. The molecule has 0 aromatic heterocycles. The summed E-state index contributed by atoms with van der Waals surface area (Å²) in [7, 11) is 1.12. The summed E-state index contributed by atoms with van der Waals surface area (Å²) in [6.45, 7) is 1.83. The Morgan fingerprint density at radius 3 is 2.75 bits per heavy atom. The standard InChI is InChI=1S/C12H15FN2O4S/c1-7(6-20-3)14-10-4-8(12(16)19-2)9(13)5-11(10)15(17)18/h4-5,7,14H,6H2,1-3H3. The number of thioether (sulfide) groups is 1. The molecule has 8 heteroatoms. The number of rotatable bonds is 6. The minimum absolute atomic E-state index is 0.0698. The number of carbonyl (C=O) groups is 1. The van der Waals surface area contributed by atoms with Crippen molar-refractivity contribution in [3.8, 4) is 0 Å². The molecule has 1 aromatic rings. The van der Waals surface area contributed by atoms with Gasteiger partial charge in [-0.25, -0.2) is 9.18 Å². The third kappa shape index (κ3) is 3.83. The lowest BCUT2D eigenvalue weighted by atomic mass is 10.1. The van der Waals surface area contributed by atoms with E-state index in [0.717, 1.165) is 19.2 Å². The average Bonchev–Trinajstić information content (AvgIpc) is 2.39. The summed E-state index contributed by atoms with van der Waals surface area (Å²) >= 11 is 1.56. The highest BCUT2D eigenvalue weighted by Gasteiger charge is 2.23. The quantitative estimate of drug-likeness (QED) is 0.494. The molecule has 1 rings (SSSR count). The summed E-state index contributed by atoms with van der Waals surface area (Å²) in [5.41, 5.74) is -0.654. The SMILES string of the molecule is COC(=O)c1cc(NC(C)CSC)c([N+](=O)[O-])cc1F. The molecule has 0 saturated heterocycles. The Morgan fingerprint density at radius 1 is 1.60 bits per heavy atom. The zero-order chi connectivity index (χ0) is 15.3. The molecule has 0 bridgehead atoms. The van der Waals surface area contributed by atoms with Crippen LogP contribution in [0, 0.1) is 15.9 Å². The summed E-state index contributed by atoms with van der Waals surface area (Å²) in [4.78, 5) is 21.7. The van der Waals surface area contributed by atoms with Crippen molar-refractivity contribution in [2.45, 2.75) is 13.0 Å². The van der Waals surface area contributed by atoms with Gasteiger partial charge in [0.05, 0.1) is 23.7 Å². The van der Waals surface area contributed by atoms with Gasteiger partial charge >= 0.3 is 5.97 Å². The van der Waals surface area contributed by atoms with Crippen LogP contribution in [-0.4, -0.2) is 36.1 Å². The van der Waals surface area contributed by atoms with Crippen LogP contribution < -0.4 is 5.32 Å². The molecule has 0 heterocycles. The number of halogens is 1. The molecule has 1 atom stereocenters. The Kier molecular flexibility index (Phi) is 5.75. The van der Waals surface area contributed by atoms with Gasteiger partial charge in [-0.05, 0) is 19.2 Å². The highest BCUT2D eigenvalue weighted by molar-refractivity contribution is 7.98. The second-order valence-electron chi connectivity index (χ2n) is 4.10. The van der Waals surface area contributed by atoms with Crippen LogP contribution in [0.5, 0.6) is 0 Å². The van der Waals surface area contributed by atoms with Gasteiger partial charge in [0.2, 0.25) is 0 Å². The molecule has 0 aliphatic carbocycles. The van der Waals surface area contributed by atoms with E-state index in [1.165, 1.54) is 0 Å². The minimum atomic E-state index is -0.980. The van der Waals surface area contributed by atoms with Crippen molar-refractivity contribution in [2.75, 3.05) is 24.4 Å². The predicted octanol–water partition coefficient (Wildman–Crippen LogP) is 2.68. The zero-order valence-electron chi connectivity index (χ0n) is 11.3. The van der Waals surface area contributed by atoms with E-state index >= 15 is 0 Å². The van der Waals surface area contributed by atoms with Crippen molar-refractivity contribution < 1.29 is 18.8 Å². The van der Waals surface area contributed by atoms with Crippen molar-refractivity contribution in [3.63, 3.8) is 0 Å². The number of anilines is 1. The van der Waals surface area contributed by atoms with Gasteiger partial charge in [-0.2, -0.15) is 11.8 Å². The number of hydrogen-bond donors (Lipinski definition) is 1. The number of benzene rings is 1. The molecular weight excluding hydrogens is 287 g/mol. The van der Waals surface area contributed by atoms with E-state index < -0.39 is 22.4 Å². The van der Waals surface area contributed by atoms with Crippen LogP contribution in [0.25, 0.3) is 0 Å². The molecule has 0 radical (unpaired) electrons. The van der Waals surface area contributed by atoms with Crippen molar-refractivity contribution in [1.82, 2.24) is 0 Å². The number of nitro groups is 1. The zero-order valence-corrected chi connectivity index (χ0v) is 12.1. The average molecular weight is 302 g/mol. The van der Waals surface area contributed by atoms with E-state index in [1.807, 2.05) is 13.2 Å². The maximum absolute atomic E-state index is 13.7. The molecule has 1 unspecified atom stereocenters. The number of ether oxygens (including phenoxy) is 1. The molecule has 0 aliphatic heterocycles. The lowest BCUT2D eigenvalue weighted by Crippen LogP contribution is -2.19. The van der Waals surface area contributed by atoms with E-state index in [0.29, 0.717) is 5.75 Å². The largest absolute Gasteiger partial charge is 0.465 e. The third-order valence-electron chi connectivity index (χ3n) is 2.51. The molecule has 0 amide bonds. The molecule has 0 saturated carbocycles. The van der Waals surface area contributed by atoms with Crippen LogP contribution in [0.1, 0.15) is 17.3 Å². The van der Waals surface area contributed by atoms with E-state index in [-0.39, 0.29) is 17.3 Å². The first kappa shape index (κ1) is 16.2. The number of esters is 1. The number of methoxy groups -OCH3 is 1. The molecule has 0 fully saturated rings. The van der Waals surface area contributed by atoms with Crippen molar-refractivity contribution >= 4 is 29.1 Å². The molecule has 110 valence electrons. The van der Waals surface area contributed by atoms with Gasteiger partial charge in [0, 0.05) is 11.8 Å². The molecule has 1 aromatic carbocycles. The molecule has 1 N–H and O–H groups in total. The Hall–Kier alpha value is -1.83. The fourth-order valence-corrected chi connectivity index (χ4v) is 2.24. The number of nitrogens with one attached hydrogen (secondary N) is 1. The first-order valence-corrected chi connectivity index (χ1v) is 7.11. The lowest BCUT2D eigenvalue weighted by Gasteiger charge is -2.15. The van der Waals surface area contributed by atoms with Gasteiger partial charge < -0.3 is 10.1 Å². The van der Waals surface area contributed by atoms with Gasteiger partial charge in [0.15, 0.2) is 0 Å². The molecule has 6 nitrogen and oxygen atoms in total. The predicted molar refractivity (Wildman–Crippen MR) is 75.9 cm³/mol. The molecule has 20 heavy (non-hydrogen) atoms. The van der Waals surface area contributed by atoms with Crippen LogP contribution in [0.15, 0.2) is 12.1 Å². The summed E-state index contributed by atoms with van der Waals surface area (Å²) in [5, 5.41) is 13.8. The minimum Gasteiger partial charge on any atom is -0.465 e. The monoisotopic (exact) mass is 302 g/mol. The fourth-order valence-electron chi connectivity index (χ4n) is 1.65. The van der Waals surface area contributed by atoms with Gasteiger partial charge in [0.25, 0.3) is 5.69 Å². The number of nitro benzene ring substituents is 1. The van der Waals surface area contributed by atoms with Crippen molar-refractivity contribution in [1.29, 1.82) is 0 Å². The Balaban J connectivity index is 3.23. The van der Waals surface area contributed by atoms with Crippen LogP contribution in [-0.2, 0) is 4.74 Å². The van der Waals surface area contributed by atoms with Gasteiger partial charge in [-0.1, -0.05) is 0 Å². The summed E-state index contributed by atoms with van der Waals surface area (Å²) in [6.07, 6.45) is 1.90. The van der Waals surface area contributed by atoms with Crippen molar-refractivity contribution in [3.05, 3.63) is 33.6 Å². The second kappa shape index (κ2) is 7.09. The van der Waals surface area contributed by atoms with Gasteiger partial charge in [0.1, 0.15) is 11.5 Å². The first-order chi connectivity index (χ1) is 9.40. The Bertz CT molecular complexity index is 524. The highest BCUT2D eigenvalue weighted by atomic mass is 32.2. The van der Waals surface area contributed by atoms with Crippen molar-refractivity contribution in [2.24, 2.45) is 0 Å². The summed E-state index contributed by atoms with van der Waals surface area (Å²) in [6, 6.07) is 1.76. The molecule has 0 spiro atoms. The first-order valence-electron chi connectivity index (χ1n) is 5.72. The molecular formula is C12H15FN2O4S. The topological polar surface area (TPSA) is 81.5 Å². The number of nitrogens with zero attached hydrogens (tertiary/aromatic N) is 1. The van der Waals surface area contributed by atoms with E-state index in [4.69, 9.17) is 0 Å². The maximum Gasteiger partial charge on any atom is 0.340 e. The van der Waals surface area contributed by atoms with Gasteiger partial charge in [-0.3, -0.25) is 10.1 Å². The van der Waals surface area contributed by atoms with Crippen LogP contribution in [0.2, 0.25) is 0 Å². The van der Waals surface area contributed by atoms with E-state index in [9.17, 15) is 19.3 Å². The number of hydrogen-bond acceptors (Lipinski definition) is 6. The van der Waals surface area contributed by atoms with E-state index in [2.05, 4.69) is 10.1 Å². The molecule has 0 aliphatic rings. The highest BCUT2D eigenvalue weighted by Crippen LogP contribution is 2.29. The second-order valence-corrected chi connectivity index (χ2v) is 5.01. The maximum atomic E-state index is 13.7. The normalized spacial score (nSPS) is 11.8. The fraction of sp³-hybridized carbons (Fsp3) is 0.417. The Morgan fingerprint density at radius 2 is 2.25 bits per heavy atom. The Labute approximate surface area is 119 Å². The van der Waals surface area contributed by atoms with Crippen LogP contribution >= 0.6 is 11.8 Å². The lowest BCUT2D eigenvalue weighted by molar-refractivity contribution is -0.384. The van der Waals surface area contributed by atoms with Crippen LogP contribution in [0.3, 0.4) is 0 Å². The summed E-state index contributed by atoms with van der Waals surface area (Å²) in [5.74, 6) is -1.15. The van der Waals surface area contributed by atoms with E-state index in [1.54, 1.807) is 11.8 Å². The van der Waals surface area contributed by atoms with Crippen LogP contribution in [0.4, 0.5) is 15.8 Å². The third-order valence-corrected chi connectivity index (χ3v) is 3.34. The summed E-state index contributed by atoms with van der Waals surface area (Å²) < 4.78 is 18.1. The smallest absolute Gasteiger partial charge is 0.340 e.